The Balaban J connectivity index is 2.05. The van der Waals surface area contributed by atoms with Crippen LogP contribution in [0.2, 0.25) is 0 Å². The SMILES string of the molecule is Cc1ccc([C@H](C[N+](=O)[O-])[C@]2(N=Cc3ccccc3)CCOC2=O)cc1. The van der Waals surface area contributed by atoms with E-state index in [0.717, 1.165) is 16.7 Å². The topological polar surface area (TPSA) is 81.8 Å². The number of ether oxygens (including phenoxy) is 1. The van der Waals surface area contributed by atoms with Crippen molar-refractivity contribution in [2.24, 2.45) is 4.99 Å². The maximum atomic E-state index is 12.6. The van der Waals surface area contributed by atoms with Crippen LogP contribution in [0.3, 0.4) is 0 Å². The lowest BCUT2D eigenvalue weighted by Crippen LogP contribution is -2.42. The first-order chi connectivity index (χ1) is 12.5. The molecule has 0 unspecified atom stereocenters. The molecule has 2 aromatic carbocycles. The lowest BCUT2D eigenvalue weighted by Gasteiger charge is -2.28. The third kappa shape index (κ3) is 3.64. The molecular weight excluding hydrogens is 332 g/mol. The molecule has 26 heavy (non-hydrogen) atoms. The number of hydrogen-bond acceptors (Lipinski definition) is 5. The molecule has 134 valence electrons. The van der Waals surface area contributed by atoms with Gasteiger partial charge in [0.25, 0.3) is 0 Å². The summed E-state index contributed by atoms with van der Waals surface area (Å²) in [7, 11) is 0. The third-order valence-corrected chi connectivity index (χ3v) is 4.70. The molecule has 1 saturated heterocycles. The van der Waals surface area contributed by atoms with Crippen LogP contribution in [-0.4, -0.2) is 35.8 Å². The van der Waals surface area contributed by atoms with E-state index in [4.69, 9.17) is 4.74 Å². The highest BCUT2D eigenvalue weighted by molar-refractivity contribution is 5.89. The molecule has 1 aliphatic heterocycles. The highest BCUT2D eigenvalue weighted by Gasteiger charge is 2.53. The molecule has 0 N–H and O–H groups in total. The molecule has 6 nitrogen and oxygen atoms in total. The highest BCUT2D eigenvalue weighted by Crippen LogP contribution is 2.39. The molecule has 0 amide bonds. The number of carbonyl (C=O) groups is 1. The number of carbonyl (C=O) groups excluding carboxylic acids is 1. The molecular formula is C20H20N2O4. The van der Waals surface area contributed by atoms with Crippen LogP contribution in [0.15, 0.2) is 59.6 Å². The number of nitrogens with zero attached hydrogens (tertiary/aromatic N) is 2. The van der Waals surface area contributed by atoms with Crippen LogP contribution in [0.1, 0.15) is 29.0 Å². The molecule has 1 aliphatic rings. The Morgan fingerprint density at radius 1 is 1.23 bits per heavy atom. The van der Waals surface area contributed by atoms with Crippen molar-refractivity contribution >= 4 is 12.2 Å². The van der Waals surface area contributed by atoms with Crippen LogP contribution in [0.4, 0.5) is 0 Å². The number of aryl methyl sites for hydroxylation is 1. The fraction of sp³-hybridized carbons (Fsp3) is 0.300. The van der Waals surface area contributed by atoms with Gasteiger partial charge in [0, 0.05) is 17.6 Å². The van der Waals surface area contributed by atoms with E-state index in [1.165, 1.54) is 0 Å². The lowest BCUT2D eigenvalue weighted by atomic mass is 9.78. The number of hydrogen-bond donors (Lipinski definition) is 0. The van der Waals surface area contributed by atoms with E-state index in [2.05, 4.69) is 4.99 Å². The van der Waals surface area contributed by atoms with Gasteiger partial charge in [0.1, 0.15) is 0 Å². The molecule has 1 heterocycles. The predicted molar refractivity (Wildman–Crippen MR) is 98.1 cm³/mol. The average Bonchev–Trinajstić information content (AvgIpc) is 3.01. The highest BCUT2D eigenvalue weighted by atomic mass is 16.6. The maximum absolute atomic E-state index is 12.6. The summed E-state index contributed by atoms with van der Waals surface area (Å²) in [5, 5.41) is 11.3. The molecule has 0 bridgehead atoms. The van der Waals surface area contributed by atoms with Crippen LogP contribution < -0.4 is 0 Å². The molecule has 0 aliphatic carbocycles. The van der Waals surface area contributed by atoms with E-state index in [1.807, 2.05) is 61.5 Å². The van der Waals surface area contributed by atoms with Crippen LogP contribution >= 0.6 is 0 Å². The summed E-state index contributed by atoms with van der Waals surface area (Å²) in [6.07, 6.45) is 1.93. The van der Waals surface area contributed by atoms with Gasteiger partial charge in [-0.3, -0.25) is 15.1 Å². The van der Waals surface area contributed by atoms with Crippen LogP contribution in [-0.2, 0) is 9.53 Å². The zero-order valence-electron chi connectivity index (χ0n) is 14.5. The van der Waals surface area contributed by atoms with Gasteiger partial charge in [0.2, 0.25) is 6.54 Å². The Bertz CT molecular complexity index is 817. The minimum atomic E-state index is -1.28. The van der Waals surface area contributed by atoms with Crippen molar-refractivity contribution in [2.75, 3.05) is 13.2 Å². The minimum absolute atomic E-state index is 0.213. The van der Waals surface area contributed by atoms with Crippen molar-refractivity contribution in [1.29, 1.82) is 0 Å². The van der Waals surface area contributed by atoms with Gasteiger partial charge < -0.3 is 4.74 Å². The Kier molecular flexibility index (Phi) is 5.11. The van der Waals surface area contributed by atoms with Crippen LogP contribution in [0.25, 0.3) is 0 Å². The summed E-state index contributed by atoms with van der Waals surface area (Å²) >= 11 is 0. The summed E-state index contributed by atoms with van der Waals surface area (Å²) in [6, 6.07) is 16.8. The van der Waals surface area contributed by atoms with Gasteiger partial charge in [0.05, 0.1) is 12.5 Å². The van der Waals surface area contributed by atoms with Gasteiger partial charge in [-0.05, 0) is 18.1 Å². The van der Waals surface area contributed by atoms with Gasteiger partial charge in [-0.2, -0.15) is 0 Å². The van der Waals surface area contributed by atoms with Crippen molar-refractivity contribution in [2.45, 2.75) is 24.8 Å². The third-order valence-electron chi connectivity index (χ3n) is 4.70. The van der Waals surface area contributed by atoms with Gasteiger partial charge in [-0.15, -0.1) is 0 Å². The van der Waals surface area contributed by atoms with Gasteiger partial charge in [-0.25, -0.2) is 4.79 Å². The van der Waals surface area contributed by atoms with Crippen molar-refractivity contribution in [3.05, 3.63) is 81.4 Å². The normalized spacial score (nSPS) is 20.9. The quantitative estimate of drug-likeness (QED) is 0.346. The zero-order chi connectivity index (χ0) is 18.6. The Morgan fingerprint density at radius 3 is 2.50 bits per heavy atom. The summed E-state index contributed by atoms with van der Waals surface area (Å²) < 4.78 is 5.19. The smallest absolute Gasteiger partial charge is 0.335 e. The zero-order valence-corrected chi connectivity index (χ0v) is 14.5. The van der Waals surface area contributed by atoms with Crippen molar-refractivity contribution in [3.8, 4) is 0 Å². The summed E-state index contributed by atoms with van der Waals surface area (Å²) in [5.74, 6) is -1.19. The number of nitro groups is 1. The van der Waals surface area contributed by atoms with E-state index in [1.54, 1.807) is 6.21 Å². The summed E-state index contributed by atoms with van der Waals surface area (Å²) in [4.78, 5) is 28.1. The molecule has 0 radical (unpaired) electrons. The molecule has 0 aromatic heterocycles. The Morgan fingerprint density at radius 2 is 1.92 bits per heavy atom. The fourth-order valence-corrected chi connectivity index (χ4v) is 3.26. The number of benzene rings is 2. The van der Waals surface area contributed by atoms with E-state index >= 15 is 0 Å². The Labute approximate surface area is 151 Å². The lowest BCUT2D eigenvalue weighted by molar-refractivity contribution is -0.484. The second-order valence-electron chi connectivity index (χ2n) is 6.46. The average molecular weight is 352 g/mol. The number of esters is 1. The first-order valence-corrected chi connectivity index (χ1v) is 8.47. The fourth-order valence-electron chi connectivity index (χ4n) is 3.26. The summed E-state index contributed by atoms with van der Waals surface area (Å²) in [5.41, 5.74) is 1.31. The van der Waals surface area contributed by atoms with Crippen molar-refractivity contribution in [1.82, 2.24) is 0 Å². The molecule has 6 heteroatoms. The van der Waals surface area contributed by atoms with Crippen molar-refractivity contribution in [3.63, 3.8) is 0 Å². The number of rotatable bonds is 6. The van der Waals surface area contributed by atoms with E-state index < -0.39 is 22.3 Å². The minimum Gasteiger partial charge on any atom is -0.464 e. The van der Waals surface area contributed by atoms with Crippen LogP contribution in [0, 0.1) is 17.0 Å². The van der Waals surface area contributed by atoms with E-state index in [0.29, 0.717) is 6.42 Å². The first kappa shape index (κ1) is 17.8. The molecule has 0 saturated carbocycles. The molecule has 3 rings (SSSR count). The molecule has 2 atom stereocenters. The molecule has 2 aromatic rings. The second-order valence-corrected chi connectivity index (χ2v) is 6.46. The molecule has 1 fully saturated rings. The standard InChI is InChI=1S/C20H20N2O4/c1-15-7-9-17(10-8-15)18(14-22(24)25)20(11-12-26-19(20)23)21-13-16-5-3-2-4-6-16/h2-10,13,18H,11-12,14H2,1H3/t18-,20+/m0/s1. The number of aliphatic imine (C=N–C) groups is 1. The van der Waals surface area contributed by atoms with Gasteiger partial charge in [-0.1, -0.05) is 60.2 Å². The van der Waals surface area contributed by atoms with Crippen LogP contribution in [0.5, 0.6) is 0 Å². The Hall–Kier alpha value is -3.02. The summed E-state index contributed by atoms with van der Waals surface area (Å²) in [6.45, 7) is 1.77. The van der Waals surface area contributed by atoms with Crippen molar-refractivity contribution < 1.29 is 14.5 Å². The monoisotopic (exact) mass is 352 g/mol. The predicted octanol–water partition coefficient (Wildman–Crippen LogP) is 3.16. The van der Waals surface area contributed by atoms with E-state index in [9.17, 15) is 14.9 Å². The van der Waals surface area contributed by atoms with Gasteiger partial charge in [0.15, 0.2) is 5.54 Å². The maximum Gasteiger partial charge on any atom is 0.335 e. The second kappa shape index (κ2) is 7.47. The number of cyclic esters (lactones) is 1. The molecule has 0 spiro atoms. The largest absolute Gasteiger partial charge is 0.464 e. The van der Waals surface area contributed by atoms with E-state index in [-0.39, 0.29) is 13.2 Å². The van der Waals surface area contributed by atoms with Gasteiger partial charge >= 0.3 is 5.97 Å². The first-order valence-electron chi connectivity index (χ1n) is 8.47.